The smallest absolute Gasteiger partial charge is 0.317 e. The first-order valence-electron chi connectivity index (χ1n) is 5.10. The molecule has 1 fully saturated rings. The minimum absolute atomic E-state index is 0.00287. The number of ketones is 1. The maximum absolute atomic E-state index is 11.4. The number of Topliss-reactive ketones (excluding diaryl/α,β-unsaturated/α-hetero) is 1. The van der Waals surface area contributed by atoms with Crippen molar-refractivity contribution in [3.05, 3.63) is 0 Å². The first-order chi connectivity index (χ1) is 6.69. The van der Waals surface area contributed by atoms with E-state index in [4.69, 9.17) is 4.74 Å². The summed E-state index contributed by atoms with van der Waals surface area (Å²) < 4.78 is 4.84. The molecule has 1 unspecified atom stereocenters. The van der Waals surface area contributed by atoms with Gasteiger partial charge in [0, 0.05) is 6.54 Å². The molecule has 1 saturated heterocycles. The average molecular weight is 199 g/mol. The minimum Gasteiger partial charge on any atom is -0.465 e. The average Bonchev–Trinajstić information content (AvgIpc) is 2.48. The molecule has 0 aromatic rings. The van der Waals surface area contributed by atoms with Crippen LogP contribution in [0.4, 0.5) is 0 Å². The van der Waals surface area contributed by atoms with Crippen LogP contribution in [0, 0.1) is 5.92 Å². The Morgan fingerprint density at radius 2 is 2.29 bits per heavy atom. The summed E-state index contributed by atoms with van der Waals surface area (Å²) in [6.07, 6.45) is 1.00. The van der Waals surface area contributed by atoms with Crippen LogP contribution in [0.15, 0.2) is 0 Å². The second-order valence-corrected chi connectivity index (χ2v) is 3.51. The summed E-state index contributed by atoms with van der Waals surface area (Å²) in [6, 6.07) is 0. The van der Waals surface area contributed by atoms with Crippen molar-refractivity contribution in [3.8, 4) is 0 Å². The van der Waals surface area contributed by atoms with Gasteiger partial charge in [0.25, 0.3) is 0 Å². The molecule has 0 N–H and O–H groups in total. The number of carbonyl (C=O) groups excluding carboxylic acids is 2. The lowest BCUT2D eigenvalue weighted by Gasteiger charge is -2.12. The predicted octanol–water partition coefficient (Wildman–Crippen LogP) is 0.460. The second kappa shape index (κ2) is 5.10. The number of carbonyl (C=O) groups is 2. The van der Waals surface area contributed by atoms with E-state index in [1.54, 1.807) is 6.92 Å². The fourth-order valence-electron chi connectivity index (χ4n) is 1.69. The van der Waals surface area contributed by atoms with Crippen LogP contribution in [0.2, 0.25) is 0 Å². The van der Waals surface area contributed by atoms with Crippen molar-refractivity contribution in [2.24, 2.45) is 5.92 Å². The van der Waals surface area contributed by atoms with E-state index in [1.165, 1.54) is 0 Å². The third-order valence-electron chi connectivity index (χ3n) is 2.32. The van der Waals surface area contributed by atoms with Crippen molar-refractivity contribution in [1.29, 1.82) is 0 Å². The topological polar surface area (TPSA) is 46.6 Å². The zero-order valence-electron chi connectivity index (χ0n) is 8.78. The van der Waals surface area contributed by atoms with Gasteiger partial charge in [-0.1, -0.05) is 6.92 Å². The van der Waals surface area contributed by atoms with Crippen LogP contribution in [0.5, 0.6) is 0 Å². The Morgan fingerprint density at radius 3 is 2.86 bits per heavy atom. The Kier molecular flexibility index (Phi) is 4.07. The highest BCUT2D eigenvalue weighted by molar-refractivity contribution is 6.01. The molecule has 1 aliphatic rings. The van der Waals surface area contributed by atoms with Gasteiger partial charge in [0.1, 0.15) is 5.92 Å². The van der Waals surface area contributed by atoms with Crippen LogP contribution in [0.1, 0.15) is 20.3 Å². The first kappa shape index (κ1) is 11.2. The largest absolute Gasteiger partial charge is 0.465 e. The van der Waals surface area contributed by atoms with Gasteiger partial charge in [-0.3, -0.25) is 14.5 Å². The molecule has 14 heavy (non-hydrogen) atoms. The van der Waals surface area contributed by atoms with Gasteiger partial charge in [0.15, 0.2) is 5.78 Å². The lowest BCUT2D eigenvalue weighted by molar-refractivity contribution is -0.149. The van der Waals surface area contributed by atoms with Crippen LogP contribution >= 0.6 is 0 Å². The number of esters is 1. The van der Waals surface area contributed by atoms with Gasteiger partial charge >= 0.3 is 5.97 Å². The van der Waals surface area contributed by atoms with E-state index < -0.39 is 5.92 Å². The summed E-state index contributed by atoms with van der Waals surface area (Å²) in [5.41, 5.74) is 0. The zero-order valence-corrected chi connectivity index (χ0v) is 8.78. The van der Waals surface area contributed by atoms with Gasteiger partial charge in [-0.05, 0) is 19.9 Å². The predicted molar refractivity (Wildman–Crippen MR) is 51.9 cm³/mol. The molecule has 4 heteroatoms. The summed E-state index contributed by atoms with van der Waals surface area (Å²) in [4.78, 5) is 24.8. The summed E-state index contributed by atoms with van der Waals surface area (Å²) in [5, 5.41) is 0. The molecule has 0 aromatic heterocycles. The molecular weight excluding hydrogens is 182 g/mol. The summed E-state index contributed by atoms with van der Waals surface area (Å²) in [7, 11) is 0. The van der Waals surface area contributed by atoms with Crippen molar-refractivity contribution in [2.45, 2.75) is 20.3 Å². The molecule has 0 amide bonds. The lowest BCUT2D eigenvalue weighted by Crippen LogP contribution is -2.26. The van der Waals surface area contributed by atoms with E-state index in [9.17, 15) is 9.59 Å². The van der Waals surface area contributed by atoms with Crippen LogP contribution in [0.25, 0.3) is 0 Å². The first-order valence-corrected chi connectivity index (χ1v) is 5.10. The minimum atomic E-state index is -0.540. The molecule has 1 aliphatic heterocycles. The SMILES string of the molecule is CCCN1CC(=O)C(C(=O)OCC)C1. The molecule has 1 rings (SSSR count). The quantitative estimate of drug-likeness (QED) is 0.487. The molecule has 0 spiro atoms. The van der Waals surface area contributed by atoms with E-state index in [0.717, 1.165) is 13.0 Å². The van der Waals surface area contributed by atoms with Crippen LogP contribution in [0.3, 0.4) is 0 Å². The standard InChI is InChI=1S/C10H17NO3/c1-3-5-11-6-8(9(12)7-11)10(13)14-4-2/h8H,3-7H2,1-2H3. The Bertz CT molecular complexity index is 227. The monoisotopic (exact) mass is 199 g/mol. The summed E-state index contributed by atoms with van der Waals surface area (Å²) in [6.45, 7) is 5.96. The van der Waals surface area contributed by atoms with Gasteiger partial charge in [0.05, 0.1) is 13.2 Å². The third-order valence-corrected chi connectivity index (χ3v) is 2.32. The number of nitrogens with zero attached hydrogens (tertiary/aromatic N) is 1. The molecule has 0 aliphatic carbocycles. The molecular formula is C10H17NO3. The number of ether oxygens (including phenoxy) is 1. The normalized spacial score (nSPS) is 22.7. The van der Waals surface area contributed by atoms with Crippen molar-refractivity contribution >= 4 is 11.8 Å². The van der Waals surface area contributed by atoms with E-state index in [2.05, 4.69) is 6.92 Å². The van der Waals surface area contributed by atoms with Gasteiger partial charge in [0.2, 0.25) is 0 Å². The molecule has 1 heterocycles. The van der Waals surface area contributed by atoms with Crippen molar-refractivity contribution in [2.75, 3.05) is 26.2 Å². The molecule has 0 radical (unpaired) electrons. The lowest BCUT2D eigenvalue weighted by atomic mass is 10.1. The number of hydrogen-bond donors (Lipinski definition) is 0. The molecule has 0 bridgehead atoms. The highest BCUT2D eigenvalue weighted by Gasteiger charge is 2.36. The Morgan fingerprint density at radius 1 is 1.57 bits per heavy atom. The van der Waals surface area contributed by atoms with E-state index in [1.807, 2.05) is 4.90 Å². The number of rotatable bonds is 4. The van der Waals surface area contributed by atoms with E-state index in [-0.39, 0.29) is 11.8 Å². The zero-order chi connectivity index (χ0) is 10.6. The van der Waals surface area contributed by atoms with Gasteiger partial charge in [-0.25, -0.2) is 0 Å². The second-order valence-electron chi connectivity index (χ2n) is 3.51. The summed E-state index contributed by atoms with van der Waals surface area (Å²) >= 11 is 0. The highest BCUT2D eigenvalue weighted by atomic mass is 16.5. The number of hydrogen-bond acceptors (Lipinski definition) is 4. The Hall–Kier alpha value is -0.900. The van der Waals surface area contributed by atoms with Crippen LogP contribution in [-0.2, 0) is 14.3 Å². The molecule has 0 aromatic carbocycles. The third kappa shape index (κ3) is 2.54. The molecule has 1 atom stereocenters. The number of likely N-dealkylation sites (tertiary alicyclic amines) is 1. The van der Waals surface area contributed by atoms with Gasteiger partial charge < -0.3 is 4.74 Å². The van der Waals surface area contributed by atoms with Gasteiger partial charge in [-0.15, -0.1) is 0 Å². The molecule has 4 nitrogen and oxygen atoms in total. The molecule has 80 valence electrons. The van der Waals surface area contributed by atoms with Crippen molar-refractivity contribution in [1.82, 2.24) is 4.90 Å². The van der Waals surface area contributed by atoms with Crippen molar-refractivity contribution in [3.63, 3.8) is 0 Å². The Balaban J connectivity index is 2.47. The maximum Gasteiger partial charge on any atom is 0.317 e. The van der Waals surface area contributed by atoms with Crippen LogP contribution < -0.4 is 0 Å². The van der Waals surface area contributed by atoms with E-state index >= 15 is 0 Å². The maximum atomic E-state index is 11.4. The summed E-state index contributed by atoms with van der Waals surface area (Å²) in [5.74, 6) is -0.908. The van der Waals surface area contributed by atoms with Crippen LogP contribution in [-0.4, -0.2) is 42.9 Å². The highest BCUT2D eigenvalue weighted by Crippen LogP contribution is 2.14. The van der Waals surface area contributed by atoms with Gasteiger partial charge in [-0.2, -0.15) is 0 Å². The fourth-order valence-corrected chi connectivity index (χ4v) is 1.69. The van der Waals surface area contributed by atoms with E-state index in [0.29, 0.717) is 19.7 Å². The molecule has 0 saturated carbocycles. The Labute approximate surface area is 84.2 Å². The fraction of sp³-hybridized carbons (Fsp3) is 0.800. The van der Waals surface area contributed by atoms with Crippen molar-refractivity contribution < 1.29 is 14.3 Å².